The Morgan fingerprint density at radius 1 is 1.27 bits per heavy atom. The number of hydrogen-bond acceptors (Lipinski definition) is 3. The van der Waals surface area contributed by atoms with Crippen LogP contribution in [-0.4, -0.2) is 24.9 Å². The summed E-state index contributed by atoms with van der Waals surface area (Å²) in [5.74, 6) is 0.889. The van der Waals surface area contributed by atoms with Crippen LogP contribution in [-0.2, 0) is 9.47 Å². The van der Waals surface area contributed by atoms with Gasteiger partial charge in [-0.25, -0.2) is 0 Å². The van der Waals surface area contributed by atoms with E-state index in [4.69, 9.17) is 21.1 Å². The third kappa shape index (κ3) is 10.00. The van der Waals surface area contributed by atoms with Gasteiger partial charge in [0.25, 0.3) is 0 Å². The second-order valence-electron chi connectivity index (χ2n) is 5.61. The smallest absolute Gasteiger partial charge is 0.156 e. The highest BCUT2D eigenvalue weighted by atomic mass is 35.5. The van der Waals surface area contributed by atoms with Gasteiger partial charge in [-0.15, -0.1) is 11.6 Å². The van der Waals surface area contributed by atoms with Crippen molar-refractivity contribution in [3.05, 3.63) is 23.3 Å². The fraction of sp³-hybridized carbons (Fsp3) is 0.722. The molecular formula is C18H30ClNO2. The lowest BCUT2D eigenvalue weighted by Crippen LogP contribution is -2.23. The average molecular weight is 328 g/mol. The number of nitriles is 1. The van der Waals surface area contributed by atoms with Gasteiger partial charge in [-0.1, -0.05) is 30.2 Å². The van der Waals surface area contributed by atoms with Gasteiger partial charge in [0, 0.05) is 12.5 Å². The van der Waals surface area contributed by atoms with E-state index in [1.54, 1.807) is 0 Å². The molecule has 2 unspecified atom stereocenters. The Kier molecular flexibility index (Phi) is 12.2. The van der Waals surface area contributed by atoms with Crippen LogP contribution in [0.25, 0.3) is 0 Å². The molecule has 3 nitrogen and oxygen atoms in total. The number of halogens is 1. The molecule has 0 aromatic rings. The minimum atomic E-state index is -0.433. The zero-order chi connectivity index (χ0) is 17.0. The maximum Gasteiger partial charge on any atom is 0.156 e. The molecule has 0 spiro atoms. The molecule has 4 heteroatoms. The Balaban J connectivity index is 4.34. The Bertz CT molecular complexity index is 398. The lowest BCUT2D eigenvalue weighted by Gasteiger charge is -2.20. The molecule has 0 rings (SSSR count). The first-order chi connectivity index (χ1) is 10.4. The van der Waals surface area contributed by atoms with Crippen molar-refractivity contribution in [2.75, 3.05) is 12.5 Å². The summed E-state index contributed by atoms with van der Waals surface area (Å²) in [6.45, 7) is 10.7. The van der Waals surface area contributed by atoms with Gasteiger partial charge in [-0.05, 0) is 52.9 Å². The predicted molar refractivity (Wildman–Crippen MR) is 92.8 cm³/mol. The minimum Gasteiger partial charge on any atom is -0.353 e. The van der Waals surface area contributed by atoms with Gasteiger partial charge in [0.1, 0.15) is 6.10 Å². The van der Waals surface area contributed by atoms with E-state index in [0.29, 0.717) is 24.8 Å². The molecule has 0 aliphatic heterocycles. The van der Waals surface area contributed by atoms with E-state index in [1.165, 1.54) is 11.1 Å². The maximum atomic E-state index is 9.21. The number of rotatable bonds is 11. The fourth-order valence-corrected chi connectivity index (χ4v) is 2.38. The summed E-state index contributed by atoms with van der Waals surface area (Å²) < 4.78 is 10.9. The minimum absolute atomic E-state index is 0.316. The Hall–Kier alpha value is -0.820. The third-order valence-corrected chi connectivity index (χ3v) is 3.83. The molecule has 0 N–H and O–H groups in total. The van der Waals surface area contributed by atoms with Crippen molar-refractivity contribution in [2.24, 2.45) is 5.92 Å². The van der Waals surface area contributed by atoms with Crippen LogP contribution in [0.1, 0.15) is 53.9 Å². The molecule has 0 amide bonds. The van der Waals surface area contributed by atoms with Crippen LogP contribution < -0.4 is 0 Å². The van der Waals surface area contributed by atoms with Crippen LogP contribution in [0.2, 0.25) is 0 Å². The second kappa shape index (κ2) is 12.7. The zero-order valence-electron chi connectivity index (χ0n) is 14.6. The largest absolute Gasteiger partial charge is 0.353 e. The van der Waals surface area contributed by atoms with Gasteiger partial charge in [0.05, 0.1) is 6.07 Å². The molecule has 0 aromatic heterocycles. The van der Waals surface area contributed by atoms with Crippen molar-refractivity contribution in [1.82, 2.24) is 0 Å². The molecular weight excluding hydrogens is 298 g/mol. The standard InChI is InChI=1S/C18H30ClNO2/c1-6-21-17(5)22-18(13-20)12-16(4)15(3)9-7-8-14(2)10-11-19/h9-10,16-18H,6-8,11-12H2,1-5H3/b14-10+,15-9+/t16-,17?,18?/m0/s1. The van der Waals surface area contributed by atoms with Crippen molar-refractivity contribution in [3.8, 4) is 6.07 Å². The molecule has 126 valence electrons. The van der Waals surface area contributed by atoms with E-state index in [1.807, 2.05) is 19.9 Å². The normalized spacial score (nSPS) is 17.0. The summed E-state index contributed by atoms with van der Waals surface area (Å²) in [5, 5.41) is 9.21. The maximum absolute atomic E-state index is 9.21. The molecule has 22 heavy (non-hydrogen) atoms. The topological polar surface area (TPSA) is 42.2 Å². The van der Waals surface area contributed by atoms with E-state index < -0.39 is 6.10 Å². The van der Waals surface area contributed by atoms with Gasteiger partial charge in [0.2, 0.25) is 0 Å². The number of alkyl halides is 1. The van der Waals surface area contributed by atoms with Crippen molar-refractivity contribution in [2.45, 2.75) is 66.3 Å². The van der Waals surface area contributed by atoms with E-state index in [-0.39, 0.29) is 6.29 Å². The van der Waals surface area contributed by atoms with Gasteiger partial charge >= 0.3 is 0 Å². The first kappa shape index (κ1) is 21.2. The van der Waals surface area contributed by atoms with Crippen molar-refractivity contribution >= 4 is 11.6 Å². The van der Waals surface area contributed by atoms with Crippen LogP contribution in [0.15, 0.2) is 23.3 Å². The number of hydrogen-bond donors (Lipinski definition) is 0. The van der Waals surface area contributed by atoms with E-state index in [2.05, 4.69) is 32.9 Å². The van der Waals surface area contributed by atoms with Gasteiger partial charge < -0.3 is 9.47 Å². The fourth-order valence-electron chi connectivity index (χ4n) is 2.11. The molecule has 0 fully saturated rings. The summed E-state index contributed by atoms with van der Waals surface area (Å²) in [6, 6.07) is 2.21. The number of ether oxygens (including phenoxy) is 2. The van der Waals surface area contributed by atoms with Crippen LogP contribution in [0.4, 0.5) is 0 Å². The SMILES string of the molecule is CCOC(C)OC(C#N)C[C@H](C)/C(C)=C/CC/C(C)=C/CCl. The van der Waals surface area contributed by atoms with Crippen LogP contribution in [0, 0.1) is 17.2 Å². The monoisotopic (exact) mass is 327 g/mol. The molecule has 0 radical (unpaired) electrons. The Labute approximate surface area is 140 Å². The molecule has 0 saturated heterocycles. The molecule has 0 bridgehead atoms. The van der Waals surface area contributed by atoms with E-state index >= 15 is 0 Å². The lowest BCUT2D eigenvalue weighted by atomic mass is 9.95. The highest BCUT2D eigenvalue weighted by Gasteiger charge is 2.17. The molecule has 0 heterocycles. The number of allylic oxidation sites excluding steroid dienone is 4. The summed E-state index contributed by atoms with van der Waals surface area (Å²) >= 11 is 5.68. The molecule has 0 aromatic carbocycles. The Morgan fingerprint density at radius 2 is 1.95 bits per heavy atom. The van der Waals surface area contributed by atoms with Crippen molar-refractivity contribution < 1.29 is 9.47 Å². The van der Waals surface area contributed by atoms with Crippen molar-refractivity contribution in [3.63, 3.8) is 0 Å². The van der Waals surface area contributed by atoms with E-state index in [0.717, 1.165) is 12.8 Å². The second-order valence-corrected chi connectivity index (χ2v) is 5.91. The summed E-state index contributed by atoms with van der Waals surface area (Å²) in [4.78, 5) is 0. The van der Waals surface area contributed by atoms with Crippen molar-refractivity contribution in [1.29, 1.82) is 5.26 Å². The predicted octanol–water partition coefficient (Wildman–Crippen LogP) is 5.22. The summed E-state index contributed by atoms with van der Waals surface area (Å²) in [6.07, 6.45) is 6.23. The molecule has 0 aliphatic rings. The Morgan fingerprint density at radius 3 is 2.50 bits per heavy atom. The zero-order valence-corrected chi connectivity index (χ0v) is 15.3. The lowest BCUT2D eigenvalue weighted by molar-refractivity contribution is -0.146. The van der Waals surface area contributed by atoms with Gasteiger partial charge in [0.15, 0.2) is 6.29 Å². The highest BCUT2D eigenvalue weighted by Crippen LogP contribution is 2.20. The van der Waals surface area contributed by atoms with Gasteiger partial charge in [-0.3, -0.25) is 0 Å². The van der Waals surface area contributed by atoms with Crippen LogP contribution >= 0.6 is 11.6 Å². The third-order valence-electron chi connectivity index (χ3n) is 3.68. The van der Waals surface area contributed by atoms with Crippen LogP contribution in [0.5, 0.6) is 0 Å². The van der Waals surface area contributed by atoms with Gasteiger partial charge in [-0.2, -0.15) is 5.26 Å². The molecule has 0 aliphatic carbocycles. The average Bonchev–Trinajstić information content (AvgIpc) is 2.46. The molecule has 0 saturated carbocycles. The number of nitrogens with zero attached hydrogens (tertiary/aromatic N) is 1. The van der Waals surface area contributed by atoms with E-state index in [9.17, 15) is 5.26 Å². The summed E-state index contributed by atoms with van der Waals surface area (Å²) in [7, 11) is 0. The molecule has 3 atom stereocenters. The van der Waals surface area contributed by atoms with Crippen LogP contribution in [0.3, 0.4) is 0 Å². The first-order valence-corrected chi connectivity index (χ1v) is 8.52. The quantitative estimate of drug-likeness (QED) is 0.297. The first-order valence-electron chi connectivity index (χ1n) is 7.99. The summed E-state index contributed by atoms with van der Waals surface area (Å²) in [5.41, 5.74) is 2.61. The highest BCUT2D eigenvalue weighted by molar-refractivity contribution is 6.18.